The van der Waals surface area contributed by atoms with E-state index < -0.39 is 6.10 Å². The zero-order valence-corrected chi connectivity index (χ0v) is 11.0. The highest BCUT2D eigenvalue weighted by atomic mass is 35.5. The number of aliphatic hydroxyl groups is 1. The van der Waals surface area contributed by atoms with Gasteiger partial charge in [-0.1, -0.05) is 55.8 Å². The molecule has 1 nitrogen and oxygen atoms in total. The summed E-state index contributed by atoms with van der Waals surface area (Å²) in [6, 6.07) is 7.61. The first-order chi connectivity index (χ1) is 7.33. The summed E-state index contributed by atoms with van der Waals surface area (Å²) in [5, 5.41) is 10.9. The van der Waals surface area contributed by atoms with Crippen molar-refractivity contribution < 1.29 is 5.11 Å². The Hall–Kier alpha value is -0.500. The van der Waals surface area contributed by atoms with Crippen LogP contribution in [0.5, 0.6) is 0 Å². The molecule has 88 valence electrons. The Morgan fingerprint density at radius 3 is 2.62 bits per heavy atom. The number of rotatable bonds is 4. The molecular weight excluding hydrogens is 243 g/mol. The van der Waals surface area contributed by atoms with Crippen LogP contribution in [0.4, 0.5) is 0 Å². The fourth-order valence-corrected chi connectivity index (χ4v) is 2.20. The second kappa shape index (κ2) is 5.22. The van der Waals surface area contributed by atoms with Gasteiger partial charge in [0.05, 0.1) is 6.10 Å². The second-order valence-electron chi connectivity index (χ2n) is 4.64. The smallest absolute Gasteiger partial charge is 0.0943 e. The van der Waals surface area contributed by atoms with Gasteiger partial charge >= 0.3 is 0 Å². The average Bonchev–Trinajstić information content (AvgIpc) is 2.15. The number of hydrogen-bond acceptors (Lipinski definition) is 1. The lowest BCUT2D eigenvalue weighted by atomic mass is 9.80. The van der Waals surface area contributed by atoms with Crippen molar-refractivity contribution in [1.29, 1.82) is 0 Å². The second-order valence-corrected chi connectivity index (χ2v) is 5.57. The van der Waals surface area contributed by atoms with Gasteiger partial charge in [-0.05, 0) is 29.5 Å². The van der Waals surface area contributed by atoms with Crippen LogP contribution in [0.1, 0.15) is 19.4 Å². The summed E-state index contributed by atoms with van der Waals surface area (Å²) in [5.41, 5.74) is 0.721. The molecule has 0 aliphatic rings. The highest BCUT2D eigenvalue weighted by Crippen LogP contribution is 2.31. The van der Waals surface area contributed by atoms with Crippen molar-refractivity contribution in [2.24, 2.45) is 5.41 Å². The first-order valence-electron chi connectivity index (χ1n) is 5.10. The third-order valence-electron chi connectivity index (χ3n) is 2.59. The number of halogens is 2. The van der Waals surface area contributed by atoms with Gasteiger partial charge < -0.3 is 5.11 Å². The third-order valence-corrected chi connectivity index (χ3v) is 3.03. The maximum absolute atomic E-state index is 9.92. The van der Waals surface area contributed by atoms with Crippen LogP contribution < -0.4 is 0 Å². The molecule has 0 aliphatic heterocycles. The van der Waals surface area contributed by atoms with Crippen LogP contribution in [0.3, 0.4) is 0 Å². The van der Waals surface area contributed by atoms with Gasteiger partial charge in [0.15, 0.2) is 0 Å². The Balaban J connectivity index is 2.84. The van der Waals surface area contributed by atoms with Crippen molar-refractivity contribution in [1.82, 2.24) is 0 Å². The largest absolute Gasteiger partial charge is 0.387 e. The Morgan fingerprint density at radius 2 is 2.12 bits per heavy atom. The van der Waals surface area contributed by atoms with Crippen LogP contribution in [0.15, 0.2) is 35.9 Å². The Morgan fingerprint density at radius 1 is 1.50 bits per heavy atom. The highest BCUT2D eigenvalue weighted by molar-refractivity contribution is 6.30. The summed E-state index contributed by atoms with van der Waals surface area (Å²) in [6.07, 6.45) is -0.0337. The molecule has 0 spiro atoms. The summed E-state index contributed by atoms with van der Waals surface area (Å²) in [7, 11) is 0. The van der Waals surface area contributed by atoms with Gasteiger partial charge in [-0.25, -0.2) is 0 Å². The van der Waals surface area contributed by atoms with Crippen LogP contribution in [0.2, 0.25) is 5.02 Å². The molecule has 16 heavy (non-hydrogen) atoms. The zero-order chi connectivity index (χ0) is 12.3. The highest BCUT2D eigenvalue weighted by Gasteiger charge is 2.29. The number of benzene rings is 1. The average molecular weight is 259 g/mol. The Labute approximate surface area is 107 Å². The minimum Gasteiger partial charge on any atom is -0.387 e. The van der Waals surface area contributed by atoms with Crippen molar-refractivity contribution in [3.63, 3.8) is 0 Å². The van der Waals surface area contributed by atoms with E-state index in [2.05, 4.69) is 6.58 Å². The lowest BCUT2D eigenvalue weighted by Crippen LogP contribution is -2.31. The van der Waals surface area contributed by atoms with E-state index in [0.717, 1.165) is 5.56 Å². The van der Waals surface area contributed by atoms with Crippen LogP contribution in [-0.2, 0) is 6.42 Å². The van der Waals surface area contributed by atoms with Crippen LogP contribution in [-0.4, -0.2) is 11.2 Å². The van der Waals surface area contributed by atoms with E-state index in [1.54, 1.807) is 0 Å². The molecular formula is C13H16Cl2O. The quantitative estimate of drug-likeness (QED) is 0.865. The molecule has 1 aromatic rings. The molecule has 0 saturated carbocycles. The van der Waals surface area contributed by atoms with Crippen molar-refractivity contribution in [2.75, 3.05) is 0 Å². The molecule has 0 amide bonds. The van der Waals surface area contributed by atoms with Gasteiger partial charge in [0.1, 0.15) is 0 Å². The summed E-state index contributed by atoms with van der Waals surface area (Å²) in [6.45, 7) is 7.47. The molecule has 1 aromatic carbocycles. The van der Waals surface area contributed by atoms with Crippen molar-refractivity contribution in [3.05, 3.63) is 46.5 Å². The van der Waals surface area contributed by atoms with Crippen molar-refractivity contribution >= 4 is 23.2 Å². The van der Waals surface area contributed by atoms with Gasteiger partial charge in [0.2, 0.25) is 0 Å². The van der Waals surface area contributed by atoms with E-state index in [9.17, 15) is 5.11 Å². The maximum Gasteiger partial charge on any atom is 0.0943 e. The minimum atomic E-state index is -0.729. The molecule has 1 N–H and O–H groups in total. The molecule has 0 aliphatic carbocycles. The number of aliphatic hydroxyl groups excluding tert-OH is 1. The van der Waals surface area contributed by atoms with E-state index in [1.807, 2.05) is 38.1 Å². The fourth-order valence-electron chi connectivity index (χ4n) is 1.69. The van der Waals surface area contributed by atoms with E-state index in [0.29, 0.717) is 11.4 Å². The normalized spacial score (nSPS) is 13.6. The maximum atomic E-state index is 9.92. The van der Waals surface area contributed by atoms with E-state index >= 15 is 0 Å². The first kappa shape index (κ1) is 13.6. The summed E-state index contributed by atoms with van der Waals surface area (Å²) < 4.78 is 0. The Kier molecular flexibility index (Phi) is 4.43. The Bertz CT molecular complexity index is 385. The zero-order valence-electron chi connectivity index (χ0n) is 9.50. The van der Waals surface area contributed by atoms with Crippen LogP contribution in [0, 0.1) is 5.41 Å². The molecule has 3 heteroatoms. The predicted octanol–water partition coefficient (Wildman–Crippen LogP) is 4.02. The summed E-state index contributed by atoms with van der Waals surface area (Å²) >= 11 is 11.6. The first-order valence-corrected chi connectivity index (χ1v) is 5.85. The monoisotopic (exact) mass is 258 g/mol. The molecule has 0 fully saturated rings. The van der Waals surface area contributed by atoms with Gasteiger partial charge in [-0.2, -0.15) is 0 Å². The molecule has 0 bridgehead atoms. The van der Waals surface area contributed by atoms with E-state index in [4.69, 9.17) is 23.2 Å². The van der Waals surface area contributed by atoms with E-state index in [-0.39, 0.29) is 10.4 Å². The van der Waals surface area contributed by atoms with Crippen molar-refractivity contribution in [2.45, 2.75) is 26.4 Å². The molecule has 0 heterocycles. The topological polar surface area (TPSA) is 20.2 Å². The lowest BCUT2D eigenvalue weighted by molar-refractivity contribution is 0.0873. The third kappa shape index (κ3) is 3.51. The predicted molar refractivity (Wildman–Crippen MR) is 69.9 cm³/mol. The van der Waals surface area contributed by atoms with Crippen LogP contribution in [0.25, 0.3) is 0 Å². The standard InChI is InChI=1S/C13H16Cl2O/c1-9(14)12(16)13(2,3)8-10-5-4-6-11(15)7-10/h4-7,12,16H,1,8H2,2-3H3. The minimum absolute atomic E-state index is 0.270. The molecule has 1 unspecified atom stereocenters. The molecule has 0 aromatic heterocycles. The molecule has 1 atom stereocenters. The van der Waals surface area contributed by atoms with Crippen LogP contribution >= 0.6 is 23.2 Å². The molecule has 1 rings (SSSR count). The SMILES string of the molecule is C=C(Cl)C(O)C(C)(C)Cc1cccc(Cl)c1. The van der Waals surface area contributed by atoms with Gasteiger partial charge in [-0.3, -0.25) is 0 Å². The fraction of sp³-hybridized carbons (Fsp3) is 0.385. The summed E-state index contributed by atoms with van der Waals surface area (Å²) in [5.74, 6) is 0. The van der Waals surface area contributed by atoms with Gasteiger partial charge in [0.25, 0.3) is 0 Å². The molecule has 0 radical (unpaired) electrons. The molecule has 0 saturated heterocycles. The van der Waals surface area contributed by atoms with Gasteiger partial charge in [0, 0.05) is 10.1 Å². The van der Waals surface area contributed by atoms with E-state index in [1.165, 1.54) is 0 Å². The lowest BCUT2D eigenvalue weighted by Gasteiger charge is -2.30. The summed E-state index contributed by atoms with van der Waals surface area (Å²) in [4.78, 5) is 0. The van der Waals surface area contributed by atoms with Crippen molar-refractivity contribution in [3.8, 4) is 0 Å². The number of hydrogen-bond donors (Lipinski definition) is 1. The van der Waals surface area contributed by atoms with Gasteiger partial charge in [-0.15, -0.1) is 0 Å².